The molecule has 1 aromatic carbocycles. The van der Waals surface area contributed by atoms with Gasteiger partial charge in [0.1, 0.15) is 6.04 Å². The summed E-state index contributed by atoms with van der Waals surface area (Å²) in [7, 11) is 4.65. The number of ether oxygens (including phenoxy) is 2. The van der Waals surface area contributed by atoms with Gasteiger partial charge < -0.3 is 14.4 Å². The highest BCUT2D eigenvalue weighted by atomic mass is 35.5. The summed E-state index contributed by atoms with van der Waals surface area (Å²) in [6, 6.07) is 10.7. The van der Waals surface area contributed by atoms with E-state index in [4.69, 9.17) is 21.1 Å². The largest absolute Gasteiger partial charge is 0.489 e. The monoisotopic (exact) mass is 456 g/mol. The highest BCUT2D eigenvalue weighted by Crippen LogP contribution is 2.36. The average Bonchev–Trinajstić information content (AvgIpc) is 2.78. The lowest BCUT2D eigenvalue weighted by Gasteiger charge is -2.32. The van der Waals surface area contributed by atoms with Crippen molar-refractivity contribution in [2.45, 2.75) is 19.9 Å². The lowest BCUT2D eigenvalue weighted by atomic mass is 9.97. The first kappa shape index (κ1) is 23.3. The number of halogens is 1. The van der Waals surface area contributed by atoms with E-state index < -0.39 is 17.6 Å². The fourth-order valence-electron chi connectivity index (χ4n) is 3.59. The van der Waals surface area contributed by atoms with Crippen LogP contribution in [0.15, 0.2) is 47.4 Å². The standard InChI is InChI=1S/C23H25ClN4O4/c1-6-32-22(30)18-20(31-5)21(29)28(4)23(26-18)27(3)19(16-12-7-8-13-25-16)17-14(2)10-9-11-15(17)24/h7-13,19H,6H2,1-5H3. The molecule has 2 heterocycles. The maximum absolute atomic E-state index is 13.0. The summed E-state index contributed by atoms with van der Waals surface area (Å²) in [6.07, 6.45) is 1.69. The van der Waals surface area contributed by atoms with E-state index in [0.717, 1.165) is 11.1 Å². The smallest absolute Gasteiger partial charge is 0.361 e. The third-order valence-corrected chi connectivity index (χ3v) is 5.44. The average molecular weight is 457 g/mol. The van der Waals surface area contributed by atoms with Crippen LogP contribution in [0.3, 0.4) is 0 Å². The lowest BCUT2D eigenvalue weighted by molar-refractivity contribution is 0.0514. The van der Waals surface area contributed by atoms with Crippen LogP contribution in [-0.2, 0) is 11.8 Å². The highest BCUT2D eigenvalue weighted by molar-refractivity contribution is 6.31. The molecule has 0 amide bonds. The topological polar surface area (TPSA) is 86.5 Å². The van der Waals surface area contributed by atoms with Gasteiger partial charge in [-0.1, -0.05) is 29.8 Å². The Morgan fingerprint density at radius 3 is 2.59 bits per heavy atom. The molecule has 2 aromatic heterocycles. The van der Waals surface area contributed by atoms with Gasteiger partial charge in [-0.15, -0.1) is 0 Å². The minimum absolute atomic E-state index is 0.138. The van der Waals surface area contributed by atoms with Crippen LogP contribution in [0.4, 0.5) is 5.95 Å². The number of benzene rings is 1. The van der Waals surface area contributed by atoms with Gasteiger partial charge in [0.2, 0.25) is 11.7 Å². The molecule has 0 aliphatic carbocycles. The van der Waals surface area contributed by atoms with Crippen molar-refractivity contribution in [2.75, 3.05) is 25.7 Å². The number of carbonyl (C=O) groups is 1. The van der Waals surface area contributed by atoms with Gasteiger partial charge >= 0.3 is 5.97 Å². The van der Waals surface area contributed by atoms with Crippen LogP contribution in [0.2, 0.25) is 5.02 Å². The van der Waals surface area contributed by atoms with Gasteiger partial charge in [0.15, 0.2) is 5.69 Å². The van der Waals surface area contributed by atoms with Crippen LogP contribution in [0.25, 0.3) is 0 Å². The molecule has 32 heavy (non-hydrogen) atoms. The Kier molecular flexibility index (Phi) is 7.15. The van der Waals surface area contributed by atoms with E-state index in [1.165, 1.54) is 11.7 Å². The van der Waals surface area contributed by atoms with Crippen LogP contribution >= 0.6 is 11.6 Å². The van der Waals surface area contributed by atoms with Gasteiger partial charge in [-0.25, -0.2) is 9.78 Å². The lowest BCUT2D eigenvalue weighted by Crippen LogP contribution is -2.35. The first-order valence-electron chi connectivity index (χ1n) is 10.0. The van der Waals surface area contributed by atoms with Gasteiger partial charge in [0.05, 0.1) is 19.4 Å². The first-order valence-corrected chi connectivity index (χ1v) is 10.4. The fraction of sp³-hybridized carbons (Fsp3) is 0.304. The molecule has 3 rings (SSSR count). The molecule has 0 spiro atoms. The molecule has 0 saturated carbocycles. The summed E-state index contributed by atoms with van der Waals surface area (Å²) in [6.45, 7) is 3.77. The molecular formula is C23H25ClN4O4. The molecule has 9 heteroatoms. The molecule has 1 atom stereocenters. The highest BCUT2D eigenvalue weighted by Gasteiger charge is 2.30. The zero-order valence-corrected chi connectivity index (χ0v) is 19.4. The van der Waals surface area contributed by atoms with E-state index in [-0.39, 0.29) is 24.0 Å². The van der Waals surface area contributed by atoms with E-state index >= 15 is 0 Å². The zero-order chi connectivity index (χ0) is 23.4. The summed E-state index contributed by atoms with van der Waals surface area (Å²) < 4.78 is 11.6. The number of hydrogen-bond acceptors (Lipinski definition) is 7. The number of nitrogens with zero attached hydrogens (tertiary/aromatic N) is 4. The summed E-state index contributed by atoms with van der Waals surface area (Å²) in [5.41, 5.74) is 1.77. The van der Waals surface area contributed by atoms with Gasteiger partial charge in [-0.05, 0) is 37.6 Å². The molecule has 0 saturated heterocycles. The summed E-state index contributed by atoms with van der Waals surface area (Å²) in [5.74, 6) is -0.680. The number of methoxy groups -OCH3 is 1. The molecule has 8 nitrogen and oxygen atoms in total. The Hall–Kier alpha value is -3.39. The minimum Gasteiger partial charge on any atom is -0.489 e. The third-order valence-electron chi connectivity index (χ3n) is 5.11. The minimum atomic E-state index is -0.736. The van der Waals surface area contributed by atoms with Crippen molar-refractivity contribution in [3.63, 3.8) is 0 Å². The van der Waals surface area contributed by atoms with E-state index in [1.807, 2.05) is 37.3 Å². The predicted molar refractivity (Wildman–Crippen MR) is 123 cm³/mol. The van der Waals surface area contributed by atoms with Gasteiger partial charge in [0, 0.05) is 30.9 Å². The maximum atomic E-state index is 13.0. The van der Waals surface area contributed by atoms with Crippen LogP contribution in [0.5, 0.6) is 5.75 Å². The van der Waals surface area contributed by atoms with Crippen molar-refractivity contribution < 1.29 is 14.3 Å². The molecule has 0 aliphatic rings. The number of hydrogen-bond donors (Lipinski definition) is 0. The van der Waals surface area contributed by atoms with Crippen molar-refractivity contribution >= 4 is 23.5 Å². The van der Waals surface area contributed by atoms with E-state index in [0.29, 0.717) is 10.7 Å². The first-order chi connectivity index (χ1) is 15.3. The molecule has 3 aromatic rings. The van der Waals surface area contributed by atoms with Crippen molar-refractivity contribution in [3.8, 4) is 5.75 Å². The Morgan fingerprint density at radius 2 is 2.00 bits per heavy atom. The summed E-state index contributed by atoms with van der Waals surface area (Å²) in [5, 5.41) is 0.552. The predicted octanol–water partition coefficient (Wildman–Crippen LogP) is 3.55. The summed E-state index contributed by atoms with van der Waals surface area (Å²) >= 11 is 6.61. The van der Waals surface area contributed by atoms with Gasteiger partial charge in [0.25, 0.3) is 5.56 Å². The maximum Gasteiger partial charge on any atom is 0.361 e. The second-order valence-corrected chi connectivity index (χ2v) is 7.52. The number of esters is 1. The van der Waals surface area contributed by atoms with Crippen molar-refractivity contribution in [2.24, 2.45) is 7.05 Å². The fourth-order valence-corrected chi connectivity index (χ4v) is 3.92. The number of carbonyl (C=O) groups excluding carboxylic acids is 1. The number of pyridine rings is 1. The van der Waals surface area contributed by atoms with E-state index in [2.05, 4.69) is 9.97 Å². The Morgan fingerprint density at radius 1 is 1.25 bits per heavy atom. The van der Waals surface area contributed by atoms with Gasteiger partial charge in [-0.3, -0.25) is 14.3 Å². The summed E-state index contributed by atoms with van der Waals surface area (Å²) in [4.78, 5) is 36.3. The van der Waals surface area contributed by atoms with Crippen LogP contribution < -0.4 is 15.2 Å². The molecule has 0 aliphatic heterocycles. The van der Waals surface area contributed by atoms with Crippen molar-refractivity contribution in [3.05, 3.63) is 80.5 Å². The Bertz CT molecular complexity index is 1160. The van der Waals surface area contributed by atoms with Crippen LogP contribution in [-0.4, -0.2) is 41.3 Å². The molecule has 168 valence electrons. The number of anilines is 1. The van der Waals surface area contributed by atoms with E-state index in [9.17, 15) is 9.59 Å². The molecule has 1 unspecified atom stereocenters. The zero-order valence-electron chi connectivity index (χ0n) is 18.6. The second kappa shape index (κ2) is 9.82. The molecule has 0 fully saturated rings. The molecule has 0 bridgehead atoms. The quantitative estimate of drug-likeness (QED) is 0.502. The second-order valence-electron chi connectivity index (χ2n) is 7.12. The number of rotatable bonds is 7. The SMILES string of the molecule is CCOC(=O)c1nc(N(C)C(c2ccccn2)c2c(C)cccc2Cl)n(C)c(=O)c1OC. The molecule has 0 N–H and O–H groups in total. The van der Waals surface area contributed by atoms with Gasteiger partial charge in [-0.2, -0.15) is 0 Å². The van der Waals surface area contributed by atoms with E-state index in [1.54, 1.807) is 38.2 Å². The normalized spacial score (nSPS) is 11.7. The van der Waals surface area contributed by atoms with Crippen molar-refractivity contribution in [1.29, 1.82) is 0 Å². The van der Waals surface area contributed by atoms with Crippen molar-refractivity contribution in [1.82, 2.24) is 14.5 Å². The number of aromatic nitrogens is 3. The Labute approximate surface area is 191 Å². The molecular weight excluding hydrogens is 432 g/mol. The third kappa shape index (κ3) is 4.31. The molecule has 0 radical (unpaired) electrons. The Balaban J connectivity index is 2.27. The number of aryl methyl sites for hydroxylation is 1. The van der Waals surface area contributed by atoms with Crippen LogP contribution in [0.1, 0.15) is 40.3 Å². The van der Waals surface area contributed by atoms with Crippen LogP contribution in [0, 0.1) is 6.92 Å².